The standard InChI is InChI=1S/C20H28N4O3/c1-3-17-6-4-5-9-24(17)19(26)16-7-8-21-18(14-16)20(27)23-12-10-22(11-13-23)15(2)25/h7-8,14,17H,3-6,9-13H2,1-2H3. The molecular formula is C20H28N4O3. The molecule has 1 aromatic rings. The molecule has 0 bridgehead atoms. The van der Waals surface area contributed by atoms with Crippen molar-refractivity contribution in [1.29, 1.82) is 0 Å². The van der Waals surface area contributed by atoms with E-state index < -0.39 is 0 Å². The van der Waals surface area contributed by atoms with Crippen molar-refractivity contribution in [2.24, 2.45) is 0 Å². The van der Waals surface area contributed by atoms with E-state index in [-0.39, 0.29) is 23.8 Å². The van der Waals surface area contributed by atoms with Crippen molar-refractivity contribution in [1.82, 2.24) is 19.7 Å². The first-order valence-electron chi connectivity index (χ1n) is 9.83. The molecule has 1 aromatic heterocycles. The van der Waals surface area contributed by atoms with Crippen molar-refractivity contribution in [3.05, 3.63) is 29.6 Å². The zero-order valence-electron chi connectivity index (χ0n) is 16.2. The Kier molecular flexibility index (Phi) is 6.08. The molecule has 0 spiro atoms. The number of nitrogens with zero attached hydrogens (tertiary/aromatic N) is 4. The molecular weight excluding hydrogens is 344 g/mol. The monoisotopic (exact) mass is 372 g/mol. The Morgan fingerprint density at radius 2 is 1.74 bits per heavy atom. The second-order valence-electron chi connectivity index (χ2n) is 7.28. The van der Waals surface area contributed by atoms with Gasteiger partial charge < -0.3 is 14.7 Å². The summed E-state index contributed by atoms with van der Waals surface area (Å²) in [6.45, 7) is 6.47. The summed E-state index contributed by atoms with van der Waals surface area (Å²) in [4.78, 5) is 46.8. The number of hydrogen-bond donors (Lipinski definition) is 0. The maximum absolute atomic E-state index is 13.0. The van der Waals surface area contributed by atoms with Gasteiger partial charge in [0.25, 0.3) is 11.8 Å². The van der Waals surface area contributed by atoms with Crippen LogP contribution in [0, 0.1) is 0 Å². The third-order valence-electron chi connectivity index (χ3n) is 5.60. The predicted molar refractivity (Wildman–Crippen MR) is 101 cm³/mol. The van der Waals surface area contributed by atoms with E-state index in [1.165, 1.54) is 13.1 Å². The van der Waals surface area contributed by atoms with Crippen molar-refractivity contribution in [2.75, 3.05) is 32.7 Å². The molecule has 2 aliphatic rings. The Balaban J connectivity index is 1.70. The molecule has 3 rings (SSSR count). The predicted octanol–water partition coefficient (Wildman–Crippen LogP) is 1.79. The Hall–Kier alpha value is -2.44. The van der Waals surface area contributed by atoms with Crippen LogP contribution in [0.5, 0.6) is 0 Å². The van der Waals surface area contributed by atoms with Crippen molar-refractivity contribution in [3.8, 4) is 0 Å². The average molecular weight is 372 g/mol. The molecule has 0 saturated carbocycles. The van der Waals surface area contributed by atoms with Gasteiger partial charge in [0.1, 0.15) is 5.69 Å². The van der Waals surface area contributed by atoms with Crippen molar-refractivity contribution >= 4 is 17.7 Å². The second-order valence-corrected chi connectivity index (χ2v) is 7.28. The first-order chi connectivity index (χ1) is 13.0. The van der Waals surface area contributed by atoms with E-state index in [0.717, 1.165) is 32.2 Å². The Labute approximate surface area is 160 Å². The van der Waals surface area contributed by atoms with E-state index >= 15 is 0 Å². The molecule has 0 radical (unpaired) electrons. The van der Waals surface area contributed by atoms with Crippen LogP contribution in [-0.4, -0.2) is 76.2 Å². The number of amides is 3. The minimum Gasteiger partial charge on any atom is -0.339 e. The topological polar surface area (TPSA) is 73.8 Å². The van der Waals surface area contributed by atoms with E-state index in [2.05, 4.69) is 11.9 Å². The summed E-state index contributed by atoms with van der Waals surface area (Å²) in [6, 6.07) is 3.58. The SMILES string of the molecule is CCC1CCCCN1C(=O)c1ccnc(C(=O)N2CCN(C(C)=O)CC2)c1. The van der Waals surface area contributed by atoms with Crippen LogP contribution in [0.25, 0.3) is 0 Å². The number of pyridine rings is 1. The van der Waals surface area contributed by atoms with Crippen LogP contribution in [0.3, 0.4) is 0 Å². The normalized spacial score (nSPS) is 20.5. The first kappa shape index (κ1) is 19.3. The summed E-state index contributed by atoms with van der Waals surface area (Å²) < 4.78 is 0. The lowest BCUT2D eigenvalue weighted by Gasteiger charge is -2.35. The van der Waals surface area contributed by atoms with Gasteiger partial charge in [0.05, 0.1) is 0 Å². The fraction of sp³-hybridized carbons (Fsp3) is 0.600. The molecule has 0 N–H and O–H groups in total. The van der Waals surface area contributed by atoms with Gasteiger partial charge in [-0.1, -0.05) is 6.92 Å². The lowest BCUT2D eigenvalue weighted by Crippen LogP contribution is -2.50. The van der Waals surface area contributed by atoms with Gasteiger partial charge in [-0.15, -0.1) is 0 Å². The number of carbonyl (C=O) groups excluding carboxylic acids is 3. The Bertz CT molecular complexity index is 713. The molecule has 146 valence electrons. The number of carbonyl (C=O) groups is 3. The number of piperidine rings is 1. The molecule has 2 aliphatic heterocycles. The molecule has 7 nitrogen and oxygen atoms in total. The van der Waals surface area contributed by atoms with Crippen LogP contribution in [0.15, 0.2) is 18.3 Å². The third kappa shape index (κ3) is 4.28. The van der Waals surface area contributed by atoms with Gasteiger partial charge in [0.2, 0.25) is 5.91 Å². The Morgan fingerprint density at radius 1 is 1.04 bits per heavy atom. The average Bonchev–Trinajstić information content (AvgIpc) is 2.72. The number of aromatic nitrogens is 1. The third-order valence-corrected chi connectivity index (χ3v) is 5.60. The highest BCUT2D eigenvalue weighted by Crippen LogP contribution is 2.22. The summed E-state index contributed by atoms with van der Waals surface area (Å²) in [5, 5.41) is 0. The molecule has 0 aromatic carbocycles. The van der Waals surface area contributed by atoms with E-state index in [1.54, 1.807) is 21.9 Å². The highest BCUT2D eigenvalue weighted by atomic mass is 16.2. The van der Waals surface area contributed by atoms with E-state index in [4.69, 9.17) is 0 Å². The quantitative estimate of drug-likeness (QED) is 0.811. The molecule has 2 fully saturated rings. The maximum atomic E-state index is 13.0. The molecule has 0 aliphatic carbocycles. The molecule has 1 unspecified atom stereocenters. The van der Waals surface area contributed by atoms with Gasteiger partial charge in [-0.2, -0.15) is 0 Å². The van der Waals surface area contributed by atoms with Gasteiger partial charge in [-0.25, -0.2) is 0 Å². The molecule has 3 amide bonds. The van der Waals surface area contributed by atoms with Gasteiger partial charge in [-0.3, -0.25) is 19.4 Å². The van der Waals surface area contributed by atoms with Crippen LogP contribution in [0.4, 0.5) is 0 Å². The summed E-state index contributed by atoms with van der Waals surface area (Å²) >= 11 is 0. The first-order valence-corrected chi connectivity index (χ1v) is 9.83. The fourth-order valence-corrected chi connectivity index (χ4v) is 3.93. The molecule has 7 heteroatoms. The van der Waals surface area contributed by atoms with Gasteiger partial charge in [0.15, 0.2) is 0 Å². The van der Waals surface area contributed by atoms with E-state index in [1.807, 2.05) is 4.90 Å². The minimum atomic E-state index is -0.182. The summed E-state index contributed by atoms with van der Waals surface area (Å²) in [7, 11) is 0. The largest absolute Gasteiger partial charge is 0.339 e. The van der Waals surface area contributed by atoms with E-state index in [9.17, 15) is 14.4 Å². The lowest BCUT2D eigenvalue weighted by atomic mass is 9.99. The second kappa shape index (κ2) is 8.50. The summed E-state index contributed by atoms with van der Waals surface area (Å²) in [6.07, 6.45) is 5.72. The maximum Gasteiger partial charge on any atom is 0.272 e. The fourth-order valence-electron chi connectivity index (χ4n) is 3.93. The van der Waals surface area contributed by atoms with Crippen LogP contribution >= 0.6 is 0 Å². The summed E-state index contributed by atoms with van der Waals surface area (Å²) in [5.74, 6) is -0.169. The van der Waals surface area contributed by atoms with Crippen LogP contribution in [0.1, 0.15) is 60.4 Å². The van der Waals surface area contributed by atoms with Crippen molar-refractivity contribution in [2.45, 2.75) is 45.6 Å². The van der Waals surface area contributed by atoms with Crippen molar-refractivity contribution in [3.63, 3.8) is 0 Å². The summed E-state index contributed by atoms with van der Waals surface area (Å²) in [5.41, 5.74) is 0.818. The lowest BCUT2D eigenvalue weighted by molar-refractivity contribution is -0.130. The van der Waals surface area contributed by atoms with Crippen LogP contribution in [0.2, 0.25) is 0 Å². The number of hydrogen-bond acceptors (Lipinski definition) is 4. The minimum absolute atomic E-state index is 0.0144. The number of rotatable bonds is 3. The highest BCUT2D eigenvalue weighted by Gasteiger charge is 2.28. The zero-order valence-corrected chi connectivity index (χ0v) is 16.2. The van der Waals surface area contributed by atoms with Gasteiger partial charge in [0, 0.05) is 57.4 Å². The van der Waals surface area contributed by atoms with Gasteiger partial charge >= 0.3 is 0 Å². The van der Waals surface area contributed by atoms with Crippen LogP contribution in [-0.2, 0) is 4.79 Å². The Morgan fingerprint density at radius 3 is 2.41 bits per heavy atom. The zero-order chi connectivity index (χ0) is 19.4. The molecule has 2 saturated heterocycles. The van der Waals surface area contributed by atoms with Crippen molar-refractivity contribution < 1.29 is 14.4 Å². The smallest absolute Gasteiger partial charge is 0.272 e. The van der Waals surface area contributed by atoms with Crippen LogP contribution < -0.4 is 0 Å². The van der Waals surface area contributed by atoms with Gasteiger partial charge in [-0.05, 0) is 37.8 Å². The highest BCUT2D eigenvalue weighted by molar-refractivity contribution is 5.98. The molecule has 27 heavy (non-hydrogen) atoms. The number of likely N-dealkylation sites (tertiary alicyclic amines) is 1. The molecule has 1 atom stereocenters. The van der Waals surface area contributed by atoms with E-state index in [0.29, 0.717) is 37.4 Å². The molecule has 3 heterocycles. The number of piperazine rings is 1.